The number of alkyl halides is 3. The zero-order valence-corrected chi connectivity index (χ0v) is 11.2. The molecule has 0 saturated carbocycles. The fourth-order valence-corrected chi connectivity index (χ4v) is 2.54. The van der Waals surface area contributed by atoms with Crippen molar-refractivity contribution >= 4 is 21.6 Å². The molecule has 2 rings (SSSR count). The summed E-state index contributed by atoms with van der Waals surface area (Å²) in [6, 6.07) is 4.57. The van der Waals surface area contributed by atoms with Crippen molar-refractivity contribution in [1.82, 2.24) is 0 Å². The summed E-state index contributed by atoms with van der Waals surface area (Å²) < 4.78 is 41.1. The first-order valence-corrected chi connectivity index (χ1v) is 6.55. The molecule has 0 unspecified atom stereocenters. The van der Waals surface area contributed by atoms with Gasteiger partial charge in [0, 0.05) is 29.3 Å². The van der Waals surface area contributed by atoms with E-state index in [1.54, 1.807) is 0 Å². The zero-order valence-electron chi connectivity index (χ0n) is 9.63. The molecule has 1 aliphatic heterocycles. The predicted molar refractivity (Wildman–Crippen MR) is 66.9 cm³/mol. The largest absolute Gasteiger partial charge is 0.573 e. The molecule has 1 aromatic carbocycles. The van der Waals surface area contributed by atoms with Crippen molar-refractivity contribution in [2.45, 2.75) is 25.6 Å². The van der Waals surface area contributed by atoms with Crippen molar-refractivity contribution in [3.05, 3.63) is 22.7 Å². The summed E-state index contributed by atoms with van der Waals surface area (Å²) in [6.45, 7) is 1.75. The van der Waals surface area contributed by atoms with Gasteiger partial charge in [0.2, 0.25) is 0 Å². The number of nitrogens with zero attached hydrogens (tertiary/aromatic N) is 1. The van der Waals surface area contributed by atoms with Gasteiger partial charge < -0.3 is 9.64 Å². The smallest absolute Gasteiger partial charge is 0.406 e. The van der Waals surface area contributed by atoms with Crippen LogP contribution in [0.25, 0.3) is 0 Å². The Kier molecular flexibility index (Phi) is 4.04. The molecule has 0 spiro atoms. The number of hydrogen-bond donors (Lipinski definition) is 0. The number of ether oxygens (including phenoxy) is 1. The average Bonchev–Trinajstić information content (AvgIpc) is 2.27. The van der Waals surface area contributed by atoms with Gasteiger partial charge in [0.25, 0.3) is 0 Å². The zero-order chi connectivity index (χ0) is 13.2. The van der Waals surface area contributed by atoms with Gasteiger partial charge in [-0.25, -0.2) is 0 Å². The summed E-state index contributed by atoms with van der Waals surface area (Å²) in [5.41, 5.74) is 0.767. The summed E-state index contributed by atoms with van der Waals surface area (Å²) in [6.07, 6.45) is -1.33. The normalized spacial score (nSPS) is 16.8. The second kappa shape index (κ2) is 5.38. The van der Waals surface area contributed by atoms with Crippen LogP contribution in [0.4, 0.5) is 18.9 Å². The highest BCUT2D eigenvalue weighted by atomic mass is 79.9. The second-order valence-corrected chi connectivity index (χ2v) is 5.16. The lowest BCUT2D eigenvalue weighted by Gasteiger charge is -2.29. The maximum Gasteiger partial charge on any atom is 0.573 e. The number of halogens is 4. The quantitative estimate of drug-likeness (QED) is 0.802. The molecule has 0 bridgehead atoms. The van der Waals surface area contributed by atoms with Crippen LogP contribution in [-0.2, 0) is 0 Å². The van der Waals surface area contributed by atoms with E-state index in [2.05, 4.69) is 25.6 Å². The van der Waals surface area contributed by atoms with Crippen LogP contribution in [0.5, 0.6) is 5.75 Å². The van der Waals surface area contributed by atoms with Gasteiger partial charge in [0.05, 0.1) is 0 Å². The molecular weight excluding hydrogens is 311 g/mol. The first-order valence-electron chi connectivity index (χ1n) is 5.75. The lowest BCUT2D eigenvalue weighted by molar-refractivity contribution is -0.274. The Balaban J connectivity index is 2.20. The van der Waals surface area contributed by atoms with Crippen molar-refractivity contribution in [3.8, 4) is 5.75 Å². The Morgan fingerprint density at radius 3 is 2.33 bits per heavy atom. The van der Waals surface area contributed by atoms with Crippen LogP contribution in [0.2, 0.25) is 0 Å². The number of rotatable bonds is 2. The Labute approximate surface area is 112 Å². The van der Waals surface area contributed by atoms with Gasteiger partial charge in [-0.15, -0.1) is 13.2 Å². The number of hydrogen-bond acceptors (Lipinski definition) is 2. The predicted octanol–water partition coefficient (Wildman–Crippen LogP) is 4.34. The fourth-order valence-electron chi connectivity index (χ4n) is 2.08. The van der Waals surface area contributed by atoms with E-state index in [1.165, 1.54) is 18.6 Å². The van der Waals surface area contributed by atoms with Gasteiger partial charge in [-0.2, -0.15) is 0 Å². The lowest BCUT2D eigenvalue weighted by Crippen LogP contribution is -2.29. The van der Waals surface area contributed by atoms with E-state index in [0.29, 0.717) is 4.47 Å². The van der Waals surface area contributed by atoms with E-state index >= 15 is 0 Å². The Bertz CT molecular complexity index is 416. The van der Waals surface area contributed by atoms with Crippen molar-refractivity contribution in [2.75, 3.05) is 18.0 Å². The third kappa shape index (κ3) is 3.80. The summed E-state index contributed by atoms with van der Waals surface area (Å²) in [7, 11) is 0. The standard InChI is InChI=1S/C12H13BrF3NO/c13-9-6-10(17-4-2-1-3-5-17)8-11(7-9)18-12(14,15)16/h6-8H,1-5H2. The minimum atomic E-state index is -4.65. The SMILES string of the molecule is FC(F)(F)Oc1cc(Br)cc(N2CCCCC2)c1. The Morgan fingerprint density at radius 1 is 1.06 bits per heavy atom. The van der Waals surface area contributed by atoms with Crippen LogP contribution in [0, 0.1) is 0 Å². The second-order valence-electron chi connectivity index (χ2n) is 4.24. The summed E-state index contributed by atoms with van der Waals surface area (Å²) in [5.74, 6) is -0.183. The first-order chi connectivity index (χ1) is 8.44. The van der Waals surface area contributed by atoms with Gasteiger partial charge in [0.15, 0.2) is 0 Å². The highest BCUT2D eigenvalue weighted by Gasteiger charge is 2.31. The van der Waals surface area contributed by atoms with Crippen molar-refractivity contribution < 1.29 is 17.9 Å². The molecule has 0 aliphatic carbocycles. The molecule has 1 saturated heterocycles. The number of piperidine rings is 1. The summed E-state index contributed by atoms with van der Waals surface area (Å²) in [5, 5.41) is 0. The summed E-state index contributed by atoms with van der Waals surface area (Å²) in [4.78, 5) is 2.08. The Hall–Kier alpha value is -0.910. The van der Waals surface area contributed by atoms with Crippen LogP contribution >= 0.6 is 15.9 Å². The molecule has 2 nitrogen and oxygen atoms in total. The average molecular weight is 324 g/mol. The van der Waals surface area contributed by atoms with Gasteiger partial charge in [-0.1, -0.05) is 15.9 Å². The third-order valence-corrected chi connectivity index (χ3v) is 3.27. The minimum Gasteiger partial charge on any atom is -0.406 e. The van der Waals surface area contributed by atoms with Crippen LogP contribution in [0.3, 0.4) is 0 Å². The monoisotopic (exact) mass is 323 g/mol. The van der Waals surface area contributed by atoms with E-state index < -0.39 is 6.36 Å². The fraction of sp³-hybridized carbons (Fsp3) is 0.500. The van der Waals surface area contributed by atoms with Crippen LogP contribution < -0.4 is 9.64 Å². The van der Waals surface area contributed by atoms with E-state index in [0.717, 1.165) is 31.6 Å². The Morgan fingerprint density at radius 2 is 1.72 bits per heavy atom. The first kappa shape index (κ1) is 13.5. The summed E-state index contributed by atoms with van der Waals surface area (Å²) >= 11 is 3.21. The molecule has 1 aromatic rings. The minimum absolute atomic E-state index is 0.183. The molecule has 0 atom stereocenters. The molecule has 0 aromatic heterocycles. The van der Waals surface area contributed by atoms with Crippen LogP contribution in [-0.4, -0.2) is 19.5 Å². The molecular formula is C12H13BrF3NO. The molecule has 0 amide bonds. The highest BCUT2D eigenvalue weighted by Crippen LogP contribution is 2.32. The maximum atomic E-state index is 12.2. The van der Waals surface area contributed by atoms with Crippen molar-refractivity contribution in [1.29, 1.82) is 0 Å². The van der Waals surface area contributed by atoms with Gasteiger partial charge in [-0.3, -0.25) is 0 Å². The van der Waals surface area contributed by atoms with Gasteiger partial charge in [-0.05, 0) is 31.4 Å². The van der Waals surface area contributed by atoms with Gasteiger partial charge in [0.1, 0.15) is 5.75 Å². The van der Waals surface area contributed by atoms with Crippen LogP contribution in [0.1, 0.15) is 19.3 Å². The number of benzene rings is 1. The molecule has 1 aliphatic rings. The van der Waals surface area contributed by atoms with Gasteiger partial charge >= 0.3 is 6.36 Å². The van der Waals surface area contributed by atoms with Crippen molar-refractivity contribution in [3.63, 3.8) is 0 Å². The van der Waals surface area contributed by atoms with Crippen LogP contribution in [0.15, 0.2) is 22.7 Å². The van der Waals surface area contributed by atoms with E-state index in [9.17, 15) is 13.2 Å². The van der Waals surface area contributed by atoms with Crippen molar-refractivity contribution in [2.24, 2.45) is 0 Å². The third-order valence-electron chi connectivity index (χ3n) is 2.81. The number of anilines is 1. The molecule has 100 valence electrons. The molecule has 0 N–H and O–H groups in total. The molecule has 6 heteroatoms. The molecule has 18 heavy (non-hydrogen) atoms. The van der Waals surface area contributed by atoms with E-state index in [-0.39, 0.29) is 5.75 Å². The molecule has 1 heterocycles. The molecule has 1 fully saturated rings. The molecule has 0 radical (unpaired) electrons. The van der Waals surface area contributed by atoms with E-state index in [1.807, 2.05) is 6.07 Å². The lowest BCUT2D eigenvalue weighted by atomic mass is 10.1. The van der Waals surface area contributed by atoms with E-state index in [4.69, 9.17) is 0 Å². The topological polar surface area (TPSA) is 12.5 Å². The highest BCUT2D eigenvalue weighted by molar-refractivity contribution is 9.10. The maximum absolute atomic E-state index is 12.2.